The van der Waals surface area contributed by atoms with Crippen molar-refractivity contribution in [2.45, 2.75) is 47.2 Å². The van der Waals surface area contributed by atoms with Crippen LogP contribution in [0.5, 0.6) is 0 Å². The first-order chi connectivity index (χ1) is 18.1. The van der Waals surface area contributed by atoms with E-state index in [9.17, 15) is 9.13 Å². The van der Waals surface area contributed by atoms with Crippen LogP contribution in [0.4, 0.5) is 0 Å². The second-order valence-corrected chi connectivity index (χ2v) is 13.7. The lowest BCUT2D eigenvalue weighted by Crippen LogP contribution is -2.50. The first kappa shape index (κ1) is 40.6. The van der Waals surface area contributed by atoms with Gasteiger partial charge in [0.1, 0.15) is 0 Å². The Morgan fingerprint density at radius 1 is 0.692 bits per heavy atom. The standard InChI is InChI=1S/C13H23NO6P2S.2C4H11NO3/c15-21(16,17)13(22(18,19)20)14-10-6-1-2-7-11-23-12-8-4-3-5-9-12;2*5-4(1-6,2-7)3-8/h3-5,8-9,13-14H,1-2,6-7,10-11H2,(H2,15,16,17)(H2,18,19,20);2*6-8H,1-3,5H2. The number of aliphatic hydroxyl groups excluding tert-OH is 6. The first-order valence-electron chi connectivity index (χ1n) is 11.8. The molecule has 0 amide bonds. The lowest BCUT2D eigenvalue weighted by molar-refractivity contribution is 0.0695. The number of benzene rings is 1. The van der Waals surface area contributed by atoms with Crippen LogP contribution < -0.4 is 16.8 Å². The summed E-state index contributed by atoms with van der Waals surface area (Å²) >= 11 is 1.77. The molecule has 0 aromatic heterocycles. The van der Waals surface area contributed by atoms with E-state index in [2.05, 4.69) is 17.4 Å². The second-order valence-electron chi connectivity index (χ2n) is 8.76. The number of nitrogens with one attached hydrogen (secondary N) is 1. The summed E-state index contributed by atoms with van der Waals surface area (Å²) in [5.74, 6) is 0.991. The molecule has 232 valence electrons. The average molecular weight is 626 g/mol. The minimum Gasteiger partial charge on any atom is -0.394 e. The van der Waals surface area contributed by atoms with Crippen LogP contribution in [0.2, 0.25) is 0 Å². The van der Waals surface area contributed by atoms with Crippen LogP contribution in [-0.2, 0) is 9.13 Å². The van der Waals surface area contributed by atoms with Gasteiger partial charge >= 0.3 is 15.2 Å². The molecule has 0 spiro atoms. The van der Waals surface area contributed by atoms with E-state index in [1.165, 1.54) is 4.90 Å². The summed E-state index contributed by atoms with van der Waals surface area (Å²) in [5, 5.41) is 52.3. The minimum atomic E-state index is -4.88. The number of rotatable bonds is 17. The van der Waals surface area contributed by atoms with E-state index >= 15 is 0 Å². The second kappa shape index (κ2) is 21.2. The molecule has 1 rings (SSSR count). The Bertz CT molecular complexity index is 767. The van der Waals surface area contributed by atoms with Gasteiger partial charge in [-0.3, -0.25) is 14.4 Å². The summed E-state index contributed by atoms with van der Waals surface area (Å²) in [7, 11) is -9.75. The van der Waals surface area contributed by atoms with Gasteiger partial charge in [-0.25, -0.2) is 0 Å². The van der Waals surface area contributed by atoms with Gasteiger partial charge in [-0.2, -0.15) is 0 Å². The van der Waals surface area contributed by atoms with E-state index in [1.807, 2.05) is 18.2 Å². The Kier molecular flexibility index (Phi) is 22.1. The quantitative estimate of drug-likeness (QED) is 0.0500. The predicted molar refractivity (Wildman–Crippen MR) is 148 cm³/mol. The molecular weight excluding hydrogens is 580 g/mol. The lowest BCUT2D eigenvalue weighted by atomic mass is 10.1. The monoisotopic (exact) mass is 625 g/mol. The molecule has 15 nitrogen and oxygen atoms in total. The normalized spacial score (nSPS) is 12.4. The summed E-state index contributed by atoms with van der Waals surface area (Å²) in [6, 6.07) is 10.1. The maximum Gasteiger partial charge on any atom is 0.354 e. The molecule has 0 saturated heterocycles. The van der Waals surface area contributed by atoms with Crippen molar-refractivity contribution in [3.8, 4) is 0 Å². The highest BCUT2D eigenvalue weighted by molar-refractivity contribution is 7.99. The molecular formula is C21H45N3O12P2S. The third-order valence-electron chi connectivity index (χ3n) is 4.94. The predicted octanol–water partition coefficient (Wildman–Crippen LogP) is -2.11. The van der Waals surface area contributed by atoms with Gasteiger partial charge in [-0.1, -0.05) is 31.0 Å². The van der Waals surface area contributed by atoms with E-state index in [-0.39, 0.29) is 6.54 Å². The number of hydrogen-bond acceptors (Lipinski definition) is 12. The van der Waals surface area contributed by atoms with Crippen molar-refractivity contribution in [3.63, 3.8) is 0 Å². The molecule has 15 N–H and O–H groups in total. The van der Waals surface area contributed by atoms with Crippen LogP contribution in [0.15, 0.2) is 35.2 Å². The molecule has 0 unspecified atom stereocenters. The SMILES string of the molecule is NC(CO)(CO)CO.NC(CO)(CO)CO.O=P(O)(O)C(NCCCCCCSc1ccccc1)P(=O)(O)O. The van der Waals surface area contributed by atoms with Crippen molar-refractivity contribution >= 4 is 27.0 Å². The minimum absolute atomic E-state index is 0.159. The number of unbranched alkanes of at least 4 members (excludes halogenated alkanes) is 3. The molecule has 0 atom stereocenters. The van der Waals surface area contributed by atoms with Gasteiger partial charge in [0.25, 0.3) is 0 Å². The Morgan fingerprint density at radius 3 is 1.41 bits per heavy atom. The topological polar surface area (TPSA) is 301 Å². The molecule has 0 heterocycles. The van der Waals surface area contributed by atoms with Crippen molar-refractivity contribution in [2.75, 3.05) is 51.9 Å². The Hall–Kier alpha value is -0.490. The summed E-state index contributed by atoms with van der Waals surface area (Å²) in [5.41, 5.74) is 5.77. The van der Waals surface area contributed by atoms with Crippen LogP contribution in [0.3, 0.4) is 0 Å². The molecule has 1 aromatic carbocycles. The summed E-state index contributed by atoms with van der Waals surface area (Å²) in [6.45, 7) is -2.26. The van der Waals surface area contributed by atoms with Crippen molar-refractivity contribution in [1.82, 2.24) is 5.32 Å². The maximum atomic E-state index is 11.1. The fourth-order valence-corrected chi connectivity index (χ4v) is 5.49. The van der Waals surface area contributed by atoms with Gasteiger partial charge in [0.15, 0.2) is 0 Å². The van der Waals surface area contributed by atoms with E-state index in [4.69, 9.17) is 61.7 Å². The first-order valence-corrected chi connectivity index (χ1v) is 16.2. The molecule has 0 saturated carbocycles. The molecule has 1 aromatic rings. The van der Waals surface area contributed by atoms with Crippen LogP contribution in [0, 0.1) is 0 Å². The Balaban J connectivity index is 0. The zero-order chi connectivity index (χ0) is 30.6. The third kappa shape index (κ3) is 20.1. The zero-order valence-corrected chi connectivity index (χ0v) is 24.3. The van der Waals surface area contributed by atoms with Gasteiger partial charge in [0.2, 0.25) is 5.52 Å². The van der Waals surface area contributed by atoms with Gasteiger partial charge in [0, 0.05) is 4.90 Å². The molecule has 18 heteroatoms. The molecule has 0 aliphatic rings. The fourth-order valence-electron chi connectivity index (χ4n) is 2.25. The molecule has 0 aliphatic heterocycles. The van der Waals surface area contributed by atoms with E-state index in [0.29, 0.717) is 6.42 Å². The Morgan fingerprint density at radius 2 is 1.08 bits per heavy atom. The molecule has 0 fully saturated rings. The highest BCUT2D eigenvalue weighted by atomic mass is 32.2. The van der Waals surface area contributed by atoms with Crippen LogP contribution in [-0.4, -0.2) is 119 Å². The van der Waals surface area contributed by atoms with Gasteiger partial charge in [-0.05, 0) is 37.3 Å². The largest absolute Gasteiger partial charge is 0.394 e. The number of hydrogen-bond donors (Lipinski definition) is 13. The van der Waals surface area contributed by atoms with E-state index in [1.54, 1.807) is 11.8 Å². The lowest BCUT2D eigenvalue weighted by Gasteiger charge is -2.20. The van der Waals surface area contributed by atoms with Crippen LogP contribution in [0.25, 0.3) is 0 Å². The molecule has 0 bridgehead atoms. The Labute approximate surface area is 232 Å². The fraction of sp³-hybridized carbons (Fsp3) is 0.714. The smallest absolute Gasteiger partial charge is 0.354 e. The van der Waals surface area contributed by atoms with Gasteiger partial charge < -0.3 is 61.7 Å². The molecule has 39 heavy (non-hydrogen) atoms. The van der Waals surface area contributed by atoms with E-state index < -0.39 is 71.4 Å². The van der Waals surface area contributed by atoms with Gasteiger partial charge in [0.05, 0.1) is 50.7 Å². The molecule has 0 radical (unpaired) electrons. The third-order valence-corrected chi connectivity index (χ3v) is 9.48. The van der Waals surface area contributed by atoms with Crippen molar-refractivity contribution < 1.29 is 59.3 Å². The summed E-state index contributed by atoms with van der Waals surface area (Å²) in [4.78, 5) is 37.0. The highest BCUT2D eigenvalue weighted by Gasteiger charge is 2.42. The van der Waals surface area contributed by atoms with Crippen molar-refractivity contribution in [2.24, 2.45) is 11.5 Å². The van der Waals surface area contributed by atoms with Crippen LogP contribution in [0.1, 0.15) is 25.7 Å². The number of nitrogens with two attached hydrogens (primary N) is 2. The number of thioether (sulfide) groups is 1. The van der Waals surface area contributed by atoms with E-state index in [0.717, 1.165) is 25.0 Å². The highest BCUT2D eigenvalue weighted by Crippen LogP contribution is 2.58. The molecule has 0 aliphatic carbocycles. The van der Waals surface area contributed by atoms with Crippen molar-refractivity contribution in [3.05, 3.63) is 30.3 Å². The van der Waals surface area contributed by atoms with Crippen molar-refractivity contribution in [1.29, 1.82) is 0 Å². The van der Waals surface area contributed by atoms with Gasteiger partial charge in [-0.15, -0.1) is 11.8 Å². The van der Waals surface area contributed by atoms with Crippen LogP contribution >= 0.6 is 27.0 Å². The summed E-state index contributed by atoms with van der Waals surface area (Å²) in [6.07, 6.45) is 3.40. The zero-order valence-electron chi connectivity index (χ0n) is 21.7. The summed E-state index contributed by atoms with van der Waals surface area (Å²) < 4.78 is 22.1. The number of aliphatic hydroxyl groups is 6. The average Bonchev–Trinajstić information content (AvgIpc) is 2.91. The maximum absolute atomic E-state index is 11.1.